The van der Waals surface area contributed by atoms with Crippen LogP contribution in [0.25, 0.3) is 0 Å². The lowest BCUT2D eigenvalue weighted by Gasteiger charge is -2.36. The number of rotatable bonds is 5. The van der Waals surface area contributed by atoms with Crippen LogP contribution in [0.5, 0.6) is 0 Å². The smallest absolute Gasteiger partial charge is 0.252 e. The van der Waals surface area contributed by atoms with E-state index in [0.717, 1.165) is 12.8 Å². The molecule has 1 aromatic carbocycles. The second kappa shape index (κ2) is 6.89. The van der Waals surface area contributed by atoms with E-state index in [9.17, 15) is 4.79 Å². The van der Waals surface area contributed by atoms with Crippen LogP contribution in [-0.2, 0) is 9.53 Å². The third-order valence-corrected chi connectivity index (χ3v) is 4.37. The van der Waals surface area contributed by atoms with Gasteiger partial charge in [-0.25, -0.2) is 0 Å². The van der Waals surface area contributed by atoms with Crippen LogP contribution < -0.4 is 0 Å². The van der Waals surface area contributed by atoms with Gasteiger partial charge in [0.05, 0.1) is 6.04 Å². The Labute approximate surface area is 121 Å². The average molecular weight is 275 g/mol. The van der Waals surface area contributed by atoms with Crippen molar-refractivity contribution in [2.45, 2.75) is 57.7 Å². The molecule has 0 bridgehead atoms. The Hall–Kier alpha value is -1.35. The van der Waals surface area contributed by atoms with Crippen molar-refractivity contribution in [3.8, 4) is 0 Å². The predicted molar refractivity (Wildman–Crippen MR) is 80.4 cm³/mol. The fourth-order valence-corrected chi connectivity index (χ4v) is 3.07. The van der Waals surface area contributed by atoms with E-state index in [-0.39, 0.29) is 18.1 Å². The van der Waals surface area contributed by atoms with Gasteiger partial charge in [-0.05, 0) is 32.3 Å². The SMILES string of the molecule is CO[C@@H](C)C(=O)N(C1CCCC1)[C@@H](C)c1ccccc1. The van der Waals surface area contributed by atoms with Crippen LogP contribution in [0.2, 0.25) is 0 Å². The first kappa shape index (κ1) is 15.0. The molecule has 1 aromatic rings. The minimum atomic E-state index is -0.373. The standard InChI is InChI=1S/C17H25NO2/c1-13(15-9-5-4-6-10-15)18(16-11-7-8-12-16)17(19)14(2)20-3/h4-6,9-10,13-14,16H,7-8,11-12H2,1-3H3/t13-,14-/m0/s1. The van der Waals surface area contributed by atoms with E-state index < -0.39 is 0 Å². The number of hydrogen-bond donors (Lipinski definition) is 0. The molecular weight excluding hydrogens is 250 g/mol. The molecule has 0 N–H and O–H groups in total. The molecule has 3 nitrogen and oxygen atoms in total. The zero-order valence-corrected chi connectivity index (χ0v) is 12.7. The van der Waals surface area contributed by atoms with Crippen LogP contribution in [-0.4, -0.2) is 30.1 Å². The fraction of sp³-hybridized carbons (Fsp3) is 0.588. The van der Waals surface area contributed by atoms with Crippen LogP contribution in [0.4, 0.5) is 0 Å². The molecule has 0 unspecified atom stereocenters. The highest BCUT2D eigenvalue weighted by atomic mass is 16.5. The molecular formula is C17H25NO2. The van der Waals surface area contributed by atoms with E-state index in [1.165, 1.54) is 18.4 Å². The number of carbonyl (C=O) groups excluding carboxylic acids is 1. The van der Waals surface area contributed by atoms with Crippen molar-refractivity contribution in [3.05, 3.63) is 35.9 Å². The van der Waals surface area contributed by atoms with Gasteiger partial charge in [0.25, 0.3) is 5.91 Å². The average Bonchev–Trinajstić information content (AvgIpc) is 3.01. The molecule has 0 aromatic heterocycles. The van der Waals surface area contributed by atoms with Crippen molar-refractivity contribution in [1.29, 1.82) is 0 Å². The lowest BCUT2D eigenvalue weighted by molar-refractivity contribution is -0.146. The predicted octanol–water partition coefficient (Wildman–Crippen LogP) is 3.55. The monoisotopic (exact) mass is 275 g/mol. The summed E-state index contributed by atoms with van der Waals surface area (Å²) in [5.41, 5.74) is 1.19. The minimum Gasteiger partial charge on any atom is -0.372 e. The summed E-state index contributed by atoms with van der Waals surface area (Å²) < 4.78 is 5.25. The highest BCUT2D eigenvalue weighted by Gasteiger charge is 2.33. The van der Waals surface area contributed by atoms with E-state index in [4.69, 9.17) is 4.74 Å². The summed E-state index contributed by atoms with van der Waals surface area (Å²) in [7, 11) is 1.60. The van der Waals surface area contributed by atoms with Gasteiger partial charge in [0.2, 0.25) is 0 Å². The van der Waals surface area contributed by atoms with Crippen molar-refractivity contribution in [2.24, 2.45) is 0 Å². The van der Waals surface area contributed by atoms with Gasteiger partial charge in [-0.3, -0.25) is 4.79 Å². The Morgan fingerprint density at radius 1 is 1.20 bits per heavy atom. The lowest BCUT2D eigenvalue weighted by Crippen LogP contribution is -2.45. The summed E-state index contributed by atoms with van der Waals surface area (Å²) in [5.74, 6) is 0.107. The number of methoxy groups -OCH3 is 1. The third-order valence-electron chi connectivity index (χ3n) is 4.37. The molecule has 0 spiro atoms. The van der Waals surface area contributed by atoms with Gasteiger partial charge >= 0.3 is 0 Å². The van der Waals surface area contributed by atoms with Crippen molar-refractivity contribution >= 4 is 5.91 Å². The molecule has 2 atom stereocenters. The Bertz CT molecular complexity index is 426. The molecule has 1 fully saturated rings. The zero-order chi connectivity index (χ0) is 14.5. The van der Waals surface area contributed by atoms with Crippen LogP contribution in [0.1, 0.15) is 51.1 Å². The molecule has 1 aliphatic carbocycles. The van der Waals surface area contributed by atoms with E-state index >= 15 is 0 Å². The van der Waals surface area contributed by atoms with Crippen LogP contribution in [0, 0.1) is 0 Å². The molecule has 1 aliphatic rings. The molecule has 0 saturated heterocycles. The molecule has 2 rings (SSSR count). The number of carbonyl (C=O) groups is 1. The normalized spacial score (nSPS) is 18.8. The molecule has 110 valence electrons. The highest BCUT2D eigenvalue weighted by Crippen LogP contribution is 2.31. The summed E-state index contributed by atoms with van der Waals surface area (Å²) in [6.45, 7) is 3.95. The zero-order valence-electron chi connectivity index (χ0n) is 12.7. The third kappa shape index (κ3) is 3.21. The topological polar surface area (TPSA) is 29.5 Å². The van der Waals surface area contributed by atoms with E-state index in [0.29, 0.717) is 6.04 Å². The van der Waals surface area contributed by atoms with Gasteiger partial charge in [-0.2, -0.15) is 0 Å². The molecule has 1 saturated carbocycles. The summed E-state index contributed by atoms with van der Waals surface area (Å²) in [6.07, 6.45) is 4.29. The maximum Gasteiger partial charge on any atom is 0.252 e. The Morgan fingerprint density at radius 3 is 2.35 bits per heavy atom. The fourth-order valence-electron chi connectivity index (χ4n) is 3.07. The number of amides is 1. The largest absolute Gasteiger partial charge is 0.372 e. The summed E-state index contributed by atoms with van der Waals surface area (Å²) >= 11 is 0. The van der Waals surface area contributed by atoms with Gasteiger partial charge in [-0.1, -0.05) is 43.2 Å². The van der Waals surface area contributed by atoms with Crippen molar-refractivity contribution in [1.82, 2.24) is 4.90 Å². The number of ether oxygens (including phenoxy) is 1. The molecule has 1 amide bonds. The lowest BCUT2D eigenvalue weighted by atomic mass is 10.0. The maximum atomic E-state index is 12.7. The first-order chi connectivity index (χ1) is 9.65. The molecule has 3 heteroatoms. The number of nitrogens with zero attached hydrogens (tertiary/aromatic N) is 1. The quantitative estimate of drug-likeness (QED) is 0.822. The van der Waals surface area contributed by atoms with Crippen molar-refractivity contribution in [2.75, 3.05) is 7.11 Å². The van der Waals surface area contributed by atoms with Gasteiger partial charge in [0.1, 0.15) is 6.10 Å². The first-order valence-corrected chi connectivity index (χ1v) is 7.55. The van der Waals surface area contributed by atoms with E-state index in [2.05, 4.69) is 24.0 Å². The molecule has 20 heavy (non-hydrogen) atoms. The Balaban J connectivity index is 2.23. The number of benzene rings is 1. The van der Waals surface area contributed by atoms with E-state index in [1.807, 2.05) is 25.1 Å². The van der Waals surface area contributed by atoms with Crippen LogP contribution in [0.3, 0.4) is 0 Å². The Kier molecular flexibility index (Phi) is 5.18. The maximum absolute atomic E-state index is 12.7. The van der Waals surface area contributed by atoms with E-state index in [1.54, 1.807) is 7.11 Å². The van der Waals surface area contributed by atoms with Crippen molar-refractivity contribution < 1.29 is 9.53 Å². The Morgan fingerprint density at radius 2 is 1.80 bits per heavy atom. The van der Waals surface area contributed by atoms with Gasteiger partial charge in [0.15, 0.2) is 0 Å². The number of hydrogen-bond acceptors (Lipinski definition) is 2. The van der Waals surface area contributed by atoms with Gasteiger partial charge < -0.3 is 9.64 Å². The molecule has 0 heterocycles. The first-order valence-electron chi connectivity index (χ1n) is 7.55. The second-order valence-corrected chi connectivity index (χ2v) is 5.65. The minimum absolute atomic E-state index is 0.101. The van der Waals surface area contributed by atoms with Crippen LogP contribution >= 0.6 is 0 Å². The van der Waals surface area contributed by atoms with Gasteiger partial charge in [0, 0.05) is 13.2 Å². The second-order valence-electron chi connectivity index (χ2n) is 5.65. The van der Waals surface area contributed by atoms with Crippen molar-refractivity contribution in [3.63, 3.8) is 0 Å². The van der Waals surface area contributed by atoms with Crippen LogP contribution in [0.15, 0.2) is 30.3 Å². The molecule has 0 radical (unpaired) electrons. The summed E-state index contributed by atoms with van der Waals surface area (Å²) in [6, 6.07) is 10.7. The summed E-state index contributed by atoms with van der Waals surface area (Å²) in [5, 5.41) is 0. The highest BCUT2D eigenvalue weighted by molar-refractivity contribution is 5.81. The summed E-state index contributed by atoms with van der Waals surface area (Å²) in [4.78, 5) is 14.7. The van der Waals surface area contributed by atoms with Gasteiger partial charge in [-0.15, -0.1) is 0 Å². The molecule has 0 aliphatic heterocycles.